The maximum atomic E-state index is 11.2. The van der Waals surface area contributed by atoms with Gasteiger partial charge in [-0.3, -0.25) is 4.79 Å². The highest BCUT2D eigenvalue weighted by Crippen LogP contribution is 2.15. The number of aryl methyl sites for hydroxylation is 1. The number of hydrogen-bond donors (Lipinski definition) is 2. The molecule has 2 N–H and O–H groups in total. The number of nitrogens with one attached hydrogen (secondary N) is 2. The van der Waals surface area contributed by atoms with Crippen LogP contribution >= 0.6 is 36.2 Å². The molecule has 0 saturated carbocycles. The summed E-state index contributed by atoms with van der Waals surface area (Å²) in [6.45, 7) is 4.23. The summed E-state index contributed by atoms with van der Waals surface area (Å²) in [5.41, 5.74) is 0.928. The molecule has 1 aromatic rings. The molecule has 0 aliphatic carbocycles. The molecular formula is C9H17Cl2N3OS. The number of amides is 1. The van der Waals surface area contributed by atoms with Crippen molar-refractivity contribution in [3.63, 3.8) is 0 Å². The summed E-state index contributed by atoms with van der Waals surface area (Å²) in [6.07, 6.45) is 0. The van der Waals surface area contributed by atoms with Crippen LogP contribution in [0.5, 0.6) is 0 Å². The Kier molecular flexibility index (Phi) is 9.86. The van der Waals surface area contributed by atoms with E-state index in [2.05, 4.69) is 15.6 Å². The van der Waals surface area contributed by atoms with Gasteiger partial charge in [0.15, 0.2) is 0 Å². The third-order valence-electron chi connectivity index (χ3n) is 1.80. The third-order valence-corrected chi connectivity index (χ3v) is 2.59. The van der Waals surface area contributed by atoms with E-state index < -0.39 is 0 Å². The molecule has 16 heavy (non-hydrogen) atoms. The fourth-order valence-corrected chi connectivity index (χ4v) is 1.81. The molecule has 1 unspecified atom stereocenters. The molecule has 7 heteroatoms. The van der Waals surface area contributed by atoms with Gasteiger partial charge in [0.1, 0.15) is 0 Å². The van der Waals surface area contributed by atoms with Gasteiger partial charge in [-0.05, 0) is 20.9 Å². The molecule has 0 radical (unpaired) electrons. The van der Waals surface area contributed by atoms with E-state index >= 15 is 0 Å². The first-order valence-corrected chi connectivity index (χ1v) is 5.37. The summed E-state index contributed by atoms with van der Waals surface area (Å²) >= 11 is 1.60. The highest BCUT2D eigenvalue weighted by molar-refractivity contribution is 7.09. The number of thiazole rings is 1. The van der Waals surface area contributed by atoms with Gasteiger partial charge >= 0.3 is 0 Å². The van der Waals surface area contributed by atoms with Crippen LogP contribution in [0.25, 0.3) is 0 Å². The zero-order chi connectivity index (χ0) is 10.6. The predicted octanol–water partition coefficient (Wildman–Crippen LogP) is 1.69. The van der Waals surface area contributed by atoms with Crippen molar-refractivity contribution in [2.45, 2.75) is 19.9 Å². The molecule has 0 fully saturated rings. The lowest BCUT2D eigenvalue weighted by molar-refractivity contribution is -0.120. The molecule has 1 aromatic heterocycles. The van der Waals surface area contributed by atoms with Gasteiger partial charge in [-0.25, -0.2) is 4.98 Å². The highest BCUT2D eigenvalue weighted by Gasteiger charge is 2.10. The lowest BCUT2D eigenvalue weighted by Gasteiger charge is -2.10. The van der Waals surface area contributed by atoms with E-state index in [4.69, 9.17) is 0 Å². The fraction of sp³-hybridized carbons (Fsp3) is 0.556. The zero-order valence-electron chi connectivity index (χ0n) is 9.44. The molecule has 94 valence electrons. The monoisotopic (exact) mass is 285 g/mol. The second-order valence-electron chi connectivity index (χ2n) is 3.11. The van der Waals surface area contributed by atoms with Crippen LogP contribution in [-0.2, 0) is 4.79 Å². The first-order chi connectivity index (χ1) is 6.63. The molecule has 0 aliphatic rings. The van der Waals surface area contributed by atoms with Gasteiger partial charge < -0.3 is 10.6 Å². The van der Waals surface area contributed by atoms with E-state index in [0.29, 0.717) is 6.54 Å². The largest absolute Gasteiger partial charge is 0.347 e. The normalized spacial score (nSPS) is 10.9. The number of hydrogen-bond acceptors (Lipinski definition) is 4. The first kappa shape index (κ1) is 18.0. The minimum Gasteiger partial charge on any atom is -0.347 e. The Balaban J connectivity index is 0. The number of nitrogens with zero attached hydrogens (tertiary/aromatic N) is 1. The summed E-state index contributed by atoms with van der Waals surface area (Å²) in [5, 5.41) is 8.65. The van der Waals surface area contributed by atoms with Crippen LogP contribution < -0.4 is 10.6 Å². The van der Waals surface area contributed by atoms with Gasteiger partial charge in [0.2, 0.25) is 5.91 Å². The van der Waals surface area contributed by atoms with Crippen molar-refractivity contribution in [1.82, 2.24) is 15.6 Å². The van der Waals surface area contributed by atoms with E-state index in [0.717, 1.165) is 10.7 Å². The topological polar surface area (TPSA) is 54.0 Å². The van der Waals surface area contributed by atoms with Crippen molar-refractivity contribution in [2.75, 3.05) is 13.6 Å². The predicted molar refractivity (Wildman–Crippen MR) is 71.8 cm³/mol. The minimum absolute atomic E-state index is 0. The molecule has 0 aromatic carbocycles. The van der Waals surface area contributed by atoms with Gasteiger partial charge in [0.05, 0.1) is 23.3 Å². The van der Waals surface area contributed by atoms with E-state index in [1.54, 1.807) is 18.4 Å². The van der Waals surface area contributed by atoms with Gasteiger partial charge in [-0.15, -0.1) is 36.2 Å². The second-order valence-corrected chi connectivity index (χ2v) is 4.17. The molecule has 0 saturated heterocycles. The van der Waals surface area contributed by atoms with Crippen LogP contribution in [-0.4, -0.2) is 24.5 Å². The SMILES string of the molecule is CNCC(=O)NC(C)c1csc(C)n1.Cl.Cl. The number of carbonyl (C=O) groups excluding carboxylic acids is 1. The lowest BCUT2D eigenvalue weighted by Crippen LogP contribution is -2.34. The quantitative estimate of drug-likeness (QED) is 0.885. The van der Waals surface area contributed by atoms with E-state index in [1.165, 1.54) is 0 Å². The molecule has 0 bridgehead atoms. The van der Waals surface area contributed by atoms with Crippen LogP contribution in [0, 0.1) is 6.92 Å². The average molecular weight is 286 g/mol. The van der Waals surface area contributed by atoms with Crippen molar-refractivity contribution < 1.29 is 4.79 Å². The summed E-state index contributed by atoms with van der Waals surface area (Å²) in [7, 11) is 1.75. The maximum Gasteiger partial charge on any atom is 0.234 e. The standard InChI is InChI=1S/C9H15N3OS.2ClH/c1-6(11-9(13)4-10-3)8-5-14-7(2)12-8;;/h5-6,10H,4H2,1-3H3,(H,11,13);2*1H. The van der Waals surface area contributed by atoms with Crippen LogP contribution in [0.4, 0.5) is 0 Å². The van der Waals surface area contributed by atoms with E-state index in [9.17, 15) is 4.79 Å². The Labute approximate surface area is 112 Å². The maximum absolute atomic E-state index is 11.2. The molecule has 1 heterocycles. The Bertz CT molecular complexity index is 319. The lowest BCUT2D eigenvalue weighted by atomic mass is 10.2. The highest BCUT2D eigenvalue weighted by atomic mass is 35.5. The van der Waals surface area contributed by atoms with Crippen LogP contribution in [0.1, 0.15) is 23.7 Å². The van der Waals surface area contributed by atoms with Gasteiger partial charge in [-0.2, -0.15) is 0 Å². The molecule has 1 atom stereocenters. The molecule has 1 amide bonds. The Morgan fingerprint density at radius 2 is 2.19 bits per heavy atom. The number of carbonyl (C=O) groups is 1. The molecule has 0 aliphatic heterocycles. The van der Waals surface area contributed by atoms with Crippen molar-refractivity contribution >= 4 is 42.1 Å². The average Bonchev–Trinajstić information content (AvgIpc) is 2.52. The number of halogens is 2. The van der Waals surface area contributed by atoms with Gasteiger partial charge in [0, 0.05) is 5.38 Å². The van der Waals surface area contributed by atoms with Crippen molar-refractivity contribution in [3.05, 3.63) is 16.1 Å². The van der Waals surface area contributed by atoms with E-state index in [-0.39, 0.29) is 36.8 Å². The third kappa shape index (κ3) is 5.65. The minimum atomic E-state index is -0.0131. The summed E-state index contributed by atoms with van der Waals surface area (Å²) in [5.74, 6) is -0.00865. The van der Waals surface area contributed by atoms with Gasteiger partial charge in [-0.1, -0.05) is 0 Å². The smallest absolute Gasteiger partial charge is 0.234 e. The fourth-order valence-electron chi connectivity index (χ4n) is 1.11. The molecule has 1 rings (SSSR count). The molecule has 4 nitrogen and oxygen atoms in total. The Hall–Kier alpha value is -0.360. The van der Waals surface area contributed by atoms with Gasteiger partial charge in [0.25, 0.3) is 0 Å². The molecule has 0 spiro atoms. The number of likely N-dealkylation sites (N-methyl/N-ethyl adjacent to an activating group) is 1. The zero-order valence-corrected chi connectivity index (χ0v) is 11.9. The van der Waals surface area contributed by atoms with E-state index in [1.807, 2.05) is 19.2 Å². The van der Waals surface area contributed by atoms with Crippen molar-refractivity contribution in [2.24, 2.45) is 0 Å². The summed E-state index contributed by atoms with van der Waals surface area (Å²) in [6, 6.07) is -0.0131. The Morgan fingerprint density at radius 3 is 2.62 bits per heavy atom. The van der Waals surface area contributed by atoms with Crippen molar-refractivity contribution in [3.8, 4) is 0 Å². The van der Waals surface area contributed by atoms with Crippen LogP contribution in [0.15, 0.2) is 5.38 Å². The molecular weight excluding hydrogens is 269 g/mol. The van der Waals surface area contributed by atoms with Crippen LogP contribution in [0.2, 0.25) is 0 Å². The second kappa shape index (κ2) is 8.75. The Morgan fingerprint density at radius 1 is 1.56 bits per heavy atom. The number of aromatic nitrogens is 1. The number of rotatable bonds is 4. The summed E-state index contributed by atoms with van der Waals surface area (Å²) in [4.78, 5) is 15.5. The van der Waals surface area contributed by atoms with Crippen molar-refractivity contribution in [1.29, 1.82) is 0 Å². The van der Waals surface area contributed by atoms with Crippen LogP contribution in [0.3, 0.4) is 0 Å². The first-order valence-electron chi connectivity index (χ1n) is 4.49. The summed E-state index contributed by atoms with van der Waals surface area (Å²) < 4.78 is 0.